The summed E-state index contributed by atoms with van der Waals surface area (Å²) in [5, 5.41) is 3.36. The Kier molecular flexibility index (Phi) is 6.03. The van der Waals surface area contributed by atoms with Gasteiger partial charge in [0.2, 0.25) is 0 Å². The van der Waals surface area contributed by atoms with Gasteiger partial charge in [0.15, 0.2) is 0 Å². The second-order valence-electron chi connectivity index (χ2n) is 5.51. The molecule has 1 rings (SSSR count). The number of hydrogen-bond acceptors (Lipinski definition) is 3. The fourth-order valence-corrected chi connectivity index (χ4v) is 2.09. The van der Waals surface area contributed by atoms with Gasteiger partial charge in [-0.2, -0.15) is 12.6 Å². The summed E-state index contributed by atoms with van der Waals surface area (Å²) < 4.78 is 5.44. The van der Waals surface area contributed by atoms with E-state index >= 15 is 0 Å². The maximum Gasteiger partial charge on any atom is 0.122 e. The van der Waals surface area contributed by atoms with E-state index in [9.17, 15) is 0 Å². The van der Waals surface area contributed by atoms with Crippen LogP contribution < -0.4 is 10.1 Å². The lowest BCUT2D eigenvalue weighted by atomic mass is 9.85. The molecule has 0 aliphatic carbocycles. The molecule has 1 N–H and O–H groups in total. The average molecular weight is 267 g/mol. The SMILES string of the molecule is COc1ccc(CCNCCS)cc1C(C)(C)C. The van der Waals surface area contributed by atoms with E-state index in [0.29, 0.717) is 0 Å². The van der Waals surface area contributed by atoms with Gasteiger partial charge in [-0.15, -0.1) is 0 Å². The molecule has 1 aromatic rings. The Hall–Kier alpha value is -0.670. The third-order valence-corrected chi connectivity index (χ3v) is 3.17. The van der Waals surface area contributed by atoms with E-state index in [-0.39, 0.29) is 5.41 Å². The summed E-state index contributed by atoms with van der Waals surface area (Å²) in [7, 11) is 1.73. The zero-order valence-corrected chi connectivity index (χ0v) is 12.8. The molecule has 3 heteroatoms. The first-order valence-corrected chi connectivity index (χ1v) is 7.11. The molecule has 0 saturated carbocycles. The van der Waals surface area contributed by atoms with Crippen LogP contribution in [0.1, 0.15) is 31.9 Å². The van der Waals surface area contributed by atoms with Crippen LogP contribution in [0.2, 0.25) is 0 Å². The van der Waals surface area contributed by atoms with Gasteiger partial charge in [0.05, 0.1) is 7.11 Å². The summed E-state index contributed by atoms with van der Waals surface area (Å²) >= 11 is 4.18. The third-order valence-electron chi connectivity index (χ3n) is 2.95. The highest BCUT2D eigenvalue weighted by Gasteiger charge is 2.18. The van der Waals surface area contributed by atoms with Crippen molar-refractivity contribution in [3.8, 4) is 5.75 Å². The van der Waals surface area contributed by atoms with Gasteiger partial charge in [-0.1, -0.05) is 32.9 Å². The number of hydrogen-bond donors (Lipinski definition) is 2. The van der Waals surface area contributed by atoms with Gasteiger partial charge in [0.1, 0.15) is 5.75 Å². The molecule has 0 fully saturated rings. The zero-order chi connectivity index (χ0) is 13.6. The minimum atomic E-state index is 0.111. The Balaban J connectivity index is 2.77. The smallest absolute Gasteiger partial charge is 0.122 e. The number of benzene rings is 1. The summed E-state index contributed by atoms with van der Waals surface area (Å²) in [6.07, 6.45) is 1.04. The lowest BCUT2D eigenvalue weighted by Crippen LogP contribution is -2.20. The molecule has 0 unspecified atom stereocenters. The molecule has 0 radical (unpaired) electrons. The van der Waals surface area contributed by atoms with E-state index in [1.165, 1.54) is 11.1 Å². The van der Waals surface area contributed by atoms with Crippen LogP contribution >= 0.6 is 12.6 Å². The van der Waals surface area contributed by atoms with E-state index in [4.69, 9.17) is 4.74 Å². The van der Waals surface area contributed by atoms with Crippen LogP contribution in [0.4, 0.5) is 0 Å². The van der Waals surface area contributed by atoms with Crippen molar-refractivity contribution < 1.29 is 4.74 Å². The molecule has 2 nitrogen and oxygen atoms in total. The predicted octanol–water partition coefficient (Wildman–Crippen LogP) is 3.05. The highest BCUT2D eigenvalue weighted by Crippen LogP contribution is 2.31. The van der Waals surface area contributed by atoms with Crippen molar-refractivity contribution in [3.05, 3.63) is 29.3 Å². The Morgan fingerprint density at radius 1 is 1.22 bits per heavy atom. The van der Waals surface area contributed by atoms with Crippen LogP contribution in [0.5, 0.6) is 5.75 Å². The van der Waals surface area contributed by atoms with E-state index in [1.54, 1.807) is 7.11 Å². The number of nitrogens with one attached hydrogen (secondary N) is 1. The molecule has 0 saturated heterocycles. The number of ether oxygens (including phenoxy) is 1. The Morgan fingerprint density at radius 3 is 2.50 bits per heavy atom. The highest BCUT2D eigenvalue weighted by molar-refractivity contribution is 7.80. The molecule has 0 bridgehead atoms. The van der Waals surface area contributed by atoms with Crippen LogP contribution in [0.3, 0.4) is 0 Å². The quantitative estimate of drug-likeness (QED) is 0.610. The van der Waals surface area contributed by atoms with Crippen LogP contribution in [0.15, 0.2) is 18.2 Å². The molecule has 18 heavy (non-hydrogen) atoms. The standard InChI is InChI=1S/C15H25NOS/c1-15(2,3)13-11-12(5-6-14(13)17-4)7-8-16-9-10-18/h5-6,11,16,18H,7-10H2,1-4H3. The van der Waals surface area contributed by atoms with Crippen molar-refractivity contribution in [1.29, 1.82) is 0 Å². The number of rotatable bonds is 6. The van der Waals surface area contributed by atoms with Gasteiger partial charge in [-0.3, -0.25) is 0 Å². The zero-order valence-electron chi connectivity index (χ0n) is 11.9. The van der Waals surface area contributed by atoms with Crippen molar-refractivity contribution in [3.63, 3.8) is 0 Å². The van der Waals surface area contributed by atoms with Gasteiger partial charge < -0.3 is 10.1 Å². The second kappa shape index (κ2) is 7.05. The maximum atomic E-state index is 5.44. The molecule has 0 heterocycles. The third kappa shape index (κ3) is 4.54. The minimum absolute atomic E-state index is 0.111. The van der Waals surface area contributed by atoms with Crippen molar-refractivity contribution in [1.82, 2.24) is 5.32 Å². The average Bonchev–Trinajstić information content (AvgIpc) is 2.33. The molecule has 0 aliphatic heterocycles. The largest absolute Gasteiger partial charge is 0.496 e. The first-order valence-electron chi connectivity index (χ1n) is 6.48. The summed E-state index contributed by atoms with van der Waals surface area (Å²) in [6, 6.07) is 6.49. The van der Waals surface area contributed by atoms with Gasteiger partial charge in [0, 0.05) is 12.3 Å². The molecular weight excluding hydrogens is 242 g/mol. The van der Waals surface area contributed by atoms with Gasteiger partial charge in [-0.05, 0) is 35.6 Å². The summed E-state index contributed by atoms with van der Waals surface area (Å²) in [5.74, 6) is 1.87. The normalized spacial score (nSPS) is 11.6. The fourth-order valence-electron chi connectivity index (χ4n) is 1.93. The Bertz CT molecular complexity index is 371. The summed E-state index contributed by atoms with van der Waals surface area (Å²) in [5.41, 5.74) is 2.74. The summed E-state index contributed by atoms with van der Waals surface area (Å²) in [4.78, 5) is 0. The Labute approximate surface area is 117 Å². The van der Waals surface area contributed by atoms with E-state index in [1.807, 2.05) is 0 Å². The molecule has 0 aliphatic rings. The number of methoxy groups -OCH3 is 1. The molecule has 0 spiro atoms. The maximum absolute atomic E-state index is 5.44. The monoisotopic (exact) mass is 267 g/mol. The van der Waals surface area contributed by atoms with Gasteiger partial charge in [-0.25, -0.2) is 0 Å². The molecule has 0 aromatic heterocycles. The minimum Gasteiger partial charge on any atom is -0.496 e. The predicted molar refractivity (Wildman–Crippen MR) is 82.1 cm³/mol. The summed E-state index contributed by atoms with van der Waals surface area (Å²) in [6.45, 7) is 8.61. The van der Waals surface area contributed by atoms with Gasteiger partial charge >= 0.3 is 0 Å². The molecule has 1 aromatic carbocycles. The molecular formula is C15H25NOS. The van der Waals surface area contributed by atoms with Gasteiger partial charge in [0.25, 0.3) is 0 Å². The van der Waals surface area contributed by atoms with Crippen LogP contribution in [0, 0.1) is 0 Å². The van der Waals surface area contributed by atoms with Crippen molar-refractivity contribution in [2.75, 3.05) is 26.0 Å². The van der Waals surface area contributed by atoms with E-state index in [0.717, 1.165) is 31.0 Å². The molecule has 102 valence electrons. The van der Waals surface area contributed by atoms with Crippen molar-refractivity contribution in [2.45, 2.75) is 32.6 Å². The lowest BCUT2D eigenvalue weighted by molar-refractivity contribution is 0.397. The van der Waals surface area contributed by atoms with Crippen molar-refractivity contribution in [2.24, 2.45) is 0 Å². The molecule has 0 amide bonds. The number of thiol groups is 1. The Morgan fingerprint density at radius 2 is 1.94 bits per heavy atom. The van der Waals surface area contributed by atoms with Crippen molar-refractivity contribution >= 4 is 12.6 Å². The lowest BCUT2D eigenvalue weighted by Gasteiger charge is -2.23. The van der Waals surface area contributed by atoms with Crippen LogP contribution in [-0.4, -0.2) is 26.0 Å². The van der Waals surface area contributed by atoms with E-state index < -0.39 is 0 Å². The topological polar surface area (TPSA) is 21.3 Å². The first-order chi connectivity index (χ1) is 8.49. The van der Waals surface area contributed by atoms with Crippen LogP contribution in [-0.2, 0) is 11.8 Å². The van der Waals surface area contributed by atoms with E-state index in [2.05, 4.69) is 56.9 Å². The first kappa shape index (κ1) is 15.4. The van der Waals surface area contributed by atoms with Crippen LogP contribution in [0.25, 0.3) is 0 Å². The molecule has 0 atom stereocenters. The second-order valence-corrected chi connectivity index (χ2v) is 5.96. The fraction of sp³-hybridized carbons (Fsp3) is 0.600. The highest BCUT2D eigenvalue weighted by atomic mass is 32.1.